The molecule has 23 heteroatoms. The van der Waals surface area contributed by atoms with Crippen molar-refractivity contribution < 1.29 is 83.9 Å². The molecule has 0 N–H and O–H groups in total. The van der Waals surface area contributed by atoms with E-state index in [2.05, 4.69) is 478 Å². The average molecular weight is 2390 g/mol. The zero-order valence-corrected chi connectivity index (χ0v) is 91.0. The molecule has 0 spiro atoms. The third kappa shape index (κ3) is 23.3. The van der Waals surface area contributed by atoms with E-state index in [-0.39, 0.29) is 53.6 Å². The summed E-state index contributed by atoms with van der Waals surface area (Å²) >= 11 is -0.472. The Bertz CT molecular complexity index is 8190. The molecule has 148 heavy (non-hydrogen) atoms. The zero-order chi connectivity index (χ0) is 105. The van der Waals surface area contributed by atoms with Crippen LogP contribution in [0.2, 0.25) is 0 Å². The van der Waals surface area contributed by atoms with Crippen LogP contribution in [0.3, 0.4) is 0 Å². The van der Waals surface area contributed by atoms with Crippen molar-refractivity contribution >= 4 is 113 Å². The molecule has 21 rings (SSSR count). The molecule has 0 unspecified atom stereocenters. The number of pyridine rings is 2. The zero-order valence-electron chi connectivity index (χ0n) is 85.1. The smallest absolute Gasteiger partial charge is 0 e. The first-order chi connectivity index (χ1) is 70.7. The average Bonchev–Trinajstić information content (AvgIpc) is 1.74. The summed E-state index contributed by atoms with van der Waals surface area (Å²) in [5.74, 6) is 4.46. The summed E-state index contributed by atoms with van der Waals surface area (Å²) in [6.07, 6.45) is 6.04. The molecule has 15 nitrogen and oxygen atoms in total. The fraction of sp³-hybridized carbons (Fsp3) is 0.168. The number of fused-ring (bicyclic) bond motifs is 8. The molecule has 756 valence electrons. The van der Waals surface area contributed by atoms with Gasteiger partial charge in [0.15, 0.2) is 21.2 Å². The number of para-hydroxylation sites is 6. The Morgan fingerprint density at radius 3 is 1.31 bits per heavy atom. The monoisotopic (exact) mass is 2380 g/mol. The SMILES string of the molecule is CC(C)(C)c1ccnc(-n2c3[c-]c(Oc4[c-]c(N5[CH-]N(c6cc(C(C)(C)c7ccccc7)cc(C(C)(C)c7ccccc7)c6)c6ccccc65)ccc4)ccc3c3ccccc32)c1.CC(C)(C)c1ccnc(-n2c3ccccc3c3ccc(Oc4cccc(-n5c[n+](-c6cc(C(C)(C)c7ccccc7)cc(C(C)(C)c7ccccc7)c6)c6ccccc65)c4)cc32)c1.N#Cc1ccccc1.O=S(=O)([O-])C(F)(F)F.[2H][C-]=O.[Cl][Pt][Cl].[Pt]. The number of aromatic nitrogens is 6. The van der Waals surface area contributed by atoms with Crippen LogP contribution in [0.4, 0.5) is 35.9 Å². The van der Waals surface area contributed by atoms with Gasteiger partial charge in [-0.2, -0.15) is 41.1 Å². The maximum Gasteiger partial charge on any atom is 0 e. The summed E-state index contributed by atoms with van der Waals surface area (Å²) < 4.78 is 86.8. The van der Waals surface area contributed by atoms with E-state index in [0.717, 1.165) is 113 Å². The number of nitrogens with zero attached hydrogens (tertiary/aromatic N) is 9. The second-order valence-corrected chi connectivity index (χ2v) is 44.6. The second-order valence-electron chi connectivity index (χ2n) is 40.0. The molecule has 1 aliphatic rings. The molecule has 0 fully saturated rings. The number of imidazole rings is 1. The number of alkyl halides is 3. The van der Waals surface area contributed by atoms with E-state index >= 15 is 0 Å². The Balaban J connectivity index is 0.000000184. The van der Waals surface area contributed by atoms with Gasteiger partial charge in [0.05, 0.1) is 22.7 Å². The van der Waals surface area contributed by atoms with Gasteiger partial charge in [0, 0.05) is 112 Å². The fourth-order valence-electron chi connectivity index (χ4n) is 18.6. The summed E-state index contributed by atoms with van der Waals surface area (Å²) in [6, 6.07) is 144. The fourth-order valence-corrected chi connectivity index (χ4v) is 18.6. The summed E-state index contributed by atoms with van der Waals surface area (Å²) in [7, 11) is 3.66. The van der Waals surface area contributed by atoms with Gasteiger partial charge in [0.1, 0.15) is 34.5 Å². The Labute approximate surface area is 896 Å². The minimum Gasteiger partial charge on any atom is 0 e. The van der Waals surface area contributed by atoms with E-state index in [1.54, 1.807) is 12.1 Å². The molecule has 1 aliphatic heterocycles. The van der Waals surface area contributed by atoms with Gasteiger partial charge in [-0.1, -0.05) is 321 Å². The minimum atomic E-state index is -6.09. The van der Waals surface area contributed by atoms with Crippen LogP contribution < -0.4 is 23.8 Å². The number of halogens is 5. The molecular weight excluding hydrogens is 2270 g/mol. The van der Waals surface area contributed by atoms with Crippen LogP contribution in [0, 0.1) is 30.1 Å². The largest absolute Gasteiger partial charge is 0 e. The van der Waals surface area contributed by atoms with Gasteiger partial charge < -0.3 is 33.2 Å². The van der Waals surface area contributed by atoms with Crippen LogP contribution in [-0.2, 0) is 84.9 Å². The molecule has 6 heterocycles. The first kappa shape index (κ1) is 106. The van der Waals surface area contributed by atoms with Gasteiger partial charge in [-0.25, -0.2) is 18.4 Å². The van der Waals surface area contributed by atoms with E-state index in [1.165, 1.54) is 61.0 Å². The number of rotatable bonds is 18. The van der Waals surface area contributed by atoms with Crippen LogP contribution in [0.15, 0.2) is 401 Å². The maximum absolute atomic E-state index is 10.7. The van der Waals surface area contributed by atoms with E-state index < -0.39 is 32.1 Å². The van der Waals surface area contributed by atoms with Crippen LogP contribution in [-0.4, -0.2) is 48.9 Å². The van der Waals surface area contributed by atoms with Crippen LogP contribution in [0.1, 0.15) is 160 Å². The van der Waals surface area contributed by atoms with Crippen molar-refractivity contribution in [3.63, 3.8) is 0 Å². The van der Waals surface area contributed by atoms with Crippen molar-refractivity contribution in [2.75, 3.05) is 9.80 Å². The van der Waals surface area contributed by atoms with Crippen molar-refractivity contribution in [1.82, 2.24) is 23.7 Å². The molecule has 0 saturated carbocycles. The summed E-state index contributed by atoms with van der Waals surface area (Å²) in [5.41, 5.74) is 19.2. The van der Waals surface area contributed by atoms with E-state index in [1.807, 2.05) is 60.9 Å². The van der Waals surface area contributed by atoms with E-state index in [4.69, 9.17) is 62.7 Å². The molecule has 0 radical (unpaired) electrons. The van der Waals surface area contributed by atoms with E-state index in [0.29, 0.717) is 17.1 Å². The molecular formula is C125H110Cl2F3N9O6Pt2S-4. The van der Waals surface area contributed by atoms with Crippen molar-refractivity contribution in [2.45, 2.75) is 135 Å². The summed E-state index contributed by atoms with van der Waals surface area (Å²) in [5, 5.41) is 12.9. The van der Waals surface area contributed by atoms with E-state index in [9.17, 15) is 13.2 Å². The Morgan fingerprint density at radius 2 is 0.824 bits per heavy atom. The van der Waals surface area contributed by atoms with Gasteiger partial charge in [0.2, 0.25) is 0 Å². The Kier molecular flexibility index (Phi) is 32.5. The van der Waals surface area contributed by atoms with Gasteiger partial charge in [0.25, 0.3) is 6.33 Å². The standard InChI is InChI=1S/C58H53N4O.C58H51N4O.C7H5N.CHF3O3S.CHO.2ClH.2Pt/c2*1-56(2,3)42-31-32-59-55(36-42)62-51-26-15-14-25-49(51)50-30-29-48(38-54(50)62)63-47-24-18-23-45(37-47)60-39-61(53-28-17-16-27-52(53)60)46-34-43(57(4,5)40-19-10-8-11-20-40)33-44(35-46)58(6,7)41-21-12-9-13-22-41;8-6-7-4-2-1-3-5-7;2-1(3,4)8(5,6)7;1-2;;;;/h8-39H,1-7H3;8-36,39H,1-7H3;1-5H;(H,5,6,7);1H;2*1H;;/q+1;-3;;;-1;;;;+2/p-3/i;;;;1D;;;;. The van der Waals surface area contributed by atoms with Crippen molar-refractivity contribution in [3.8, 4) is 52.1 Å². The molecule has 15 aromatic carbocycles. The van der Waals surface area contributed by atoms with Crippen molar-refractivity contribution in [1.29, 1.82) is 5.26 Å². The summed E-state index contributed by atoms with van der Waals surface area (Å²) in [4.78, 5) is 22.6. The molecule has 0 amide bonds. The Hall–Kier alpha value is -14.3. The molecule has 0 aliphatic carbocycles. The van der Waals surface area contributed by atoms with Gasteiger partial charge in [-0.15, -0.1) is 48.1 Å². The molecule has 20 aromatic rings. The molecule has 5 aromatic heterocycles. The number of carbonyl (C=O) groups excluding carboxylic acids is 1. The number of anilines is 4. The number of benzene rings is 15. The number of hydrogen-bond donors (Lipinski definition) is 0. The molecule has 0 atom stereocenters. The van der Waals surface area contributed by atoms with Crippen LogP contribution >= 0.6 is 18.8 Å². The van der Waals surface area contributed by atoms with Crippen molar-refractivity contribution in [3.05, 3.63) is 481 Å². The molecule has 0 saturated heterocycles. The topological polar surface area (TPSA) is 167 Å². The number of ether oxygens (including phenoxy) is 2. The predicted molar refractivity (Wildman–Crippen MR) is 585 cm³/mol. The van der Waals surface area contributed by atoms with Gasteiger partial charge in [-0.3, -0.25) is 11.3 Å². The minimum absolute atomic E-state index is 0. The normalized spacial score (nSPS) is 12.3. The maximum atomic E-state index is 10.7. The second kappa shape index (κ2) is 45.2. The van der Waals surface area contributed by atoms with Crippen molar-refractivity contribution in [2.24, 2.45) is 0 Å². The summed E-state index contributed by atoms with van der Waals surface area (Å²) in [6.45, 7) is 35.0. The first-order valence-electron chi connectivity index (χ1n) is 48.3. The quantitative estimate of drug-likeness (QED) is 0.0264. The van der Waals surface area contributed by atoms with Crippen LogP contribution in [0.25, 0.3) is 77.7 Å². The predicted octanol–water partition coefficient (Wildman–Crippen LogP) is 31.8. The number of nitriles is 1. The van der Waals surface area contributed by atoms with Gasteiger partial charge in [-0.05, 0) is 193 Å². The van der Waals surface area contributed by atoms with Gasteiger partial charge >= 0.3 is 40.8 Å². The third-order valence-electron chi connectivity index (χ3n) is 27.2. The molecule has 0 bridgehead atoms. The number of hydrogen-bond acceptors (Lipinski definition) is 11. The van der Waals surface area contributed by atoms with Crippen LogP contribution in [0.5, 0.6) is 23.0 Å². The first-order valence-corrected chi connectivity index (χ1v) is 54.9. The third-order valence-corrected chi connectivity index (χ3v) is 27.7. The Morgan fingerprint density at radius 1 is 0.419 bits per heavy atom.